The van der Waals surface area contributed by atoms with Gasteiger partial charge in [0.1, 0.15) is 11.4 Å². The van der Waals surface area contributed by atoms with Gasteiger partial charge in [-0.2, -0.15) is 0 Å². The summed E-state index contributed by atoms with van der Waals surface area (Å²) in [5, 5.41) is 8.37. The van der Waals surface area contributed by atoms with Crippen molar-refractivity contribution in [1.29, 1.82) is 0 Å². The number of carbonyl (C=O) groups is 2. The molecular weight excluding hydrogens is 288 g/mol. The first-order valence-corrected chi connectivity index (χ1v) is 6.27. The monoisotopic (exact) mass is 304 g/mol. The van der Waals surface area contributed by atoms with Crippen molar-refractivity contribution < 1.29 is 19.4 Å². The summed E-state index contributed by atoms with van der Waals surface area (Å²) in [5.74, 6) is -1.46. The predicted octanol–water partition coefficient (Wildman–Crippen LogP) is 1.20. The second-order valence-electron chi connectivity index (χ2n) is 3.98. The van der Waals surface area contributed by atoms with Crippen LogP contribution in [0.2, 0.25) is 0 Å². The summed E-state index contributed by atoms with van der Waals surface area (Å²) in [4.78, 5) is 28.6. The lowest BCUT2D eigenvalue weighted by Gasteiger charge is -1.99. The maximum Gasteiger partial charge on any atom is 0.356 e. The molecule has 0 saturated carbocycles. The van der Waals surface area contributed by atoms with Crippen LogP contribution in [-0.2, 0) is 4.74 Å². The molecule has 0 spiro atoms. The van der Waals surface area contributed by atoms with E-state index in [1.165, 1.54) is 30.6 Å². The molecule has 0 saturated heterocycles. The van der Waals surface area contributed by atoms with Crippen LogP contribution in [0.4, 0.5) is 11.4 Å². The van der Waals surface area contributed by atoms with Gasteiger partial charge in [-0.1, -0.05) is 0 Å². The van der Waals surface area contributed by atoms with E-state index in [4.69, 9.17) is 21.3 Å². The number of aromatic carboxylic acids is 1. The van der Waals surface area contributed by atoms with Gasteiger partial charge in [-0.15, -0.1) is 0 Å². The molecule has 8 heteroatoms. The average Bonchev–Trinajstić information content (AvgIpc) is 2.49. The number of aromatic nitrogens is 2. The largest absolute Gasteiger partial charge is 0.477 e. The van der Waals surface area contributed by atoms with Gasteiger partial charge in [0.25, 0.3) is 0 Å². The number of carboxylic acid groups (broad SMARTS) is 1. The van der Waals surface area contributed by atoms with E-state index in [-0.39, 0.29) is 11.4 Å². The number of nitrogens with two attached hydrogens (primary N) is 2. The van der Waals surface area contributed by atoms with Crippen LogP contribution >= 0.6 is 0 Å². The Kier molecular flexibility index (Phi) is 6.30. The normalized spacial score (nSPS) is 9.32. The Labute approximate surface area is 126 Å². The van der Waals surface area contributed by atoms with E-state index in [1.54, 1.807) is 13.0 Å². The molecule has 8 nitrogen and oxygen atoms in total. The molecule has 0 radical (unpaired) electrons. The number of rotatable bonds is 3. The zero-order valence-corrected chi connectivity index (χ0v) is 11.9. The van der Waals surface area contributed by atoms with Crippen molar-refractivity contribution in [3.05, 3.63) is 48.0 Å². The molecule has 0 atom stereocenters. The van der Waals surface area contributed by atoms with E-state index in [1.807, 2.05) is 0 Å². The molecule has 5 N–H and O–H groups in total. The lowest BCUT2D eigenvalue weighted by molar-refractivity contribution is 0.0519. The molecule has 2 aromatic heterocycles. The second kappa shape index (κ2) is 8.20. The summed E-state index contributed by atoms with van der Waals surface area (Å²) in [5.41, 5.74) is 11.9. The summed E-state index contributed by atoms with van der Waals surface area (Å²) in [6.45, 7) is 2.10. The van der Waals surface area contributed by atoms with Gasteiger partial charge in [-0.25, -0.2) is 19.6 Å². The van der Waals surface area contributed by atoms with Crippen LogP contribution in [0.1, 0.15) is 27.9 Å². The summed E-state index contributed by atoms with van der Waals surface area (Å²) in [7, 11) is 0. The SMILES string of the molecule is CCOC(=O)c1ccc(N)cn1.Nc1ccc(C(=O)O)nc1. The van der Waals surface area contributed by atoms with Crippen LogP contribution in [-0.4, -0.2) is 33.6 Å². The number of nitrogen functional groups attached to an aromatic ring is 2. The number of carbonyl (C=O) groups excluding carboxylic acids is 1. The van der Waals surface area contributed by atoms with Gasteiger partial charge in [-0.05, 0) is 31.2 Å². The lowest BCUT2D eigenvalue weighted by atomic mass is 10.3. The number of pyridine rings is 2. The minimum Gasteiger partial charge on any atom is -0.477 e. The fraction of sp³-hybridized carbons (Fsp3) is 0.143. The molecule has 116 valence electrons. The Morgan fingerprint density at radius 3 is 1.91 bits per heavy atom. The maximum atomic E-state index is 11.0. The third kappa shape index (κ3) is 5.45. The van der Waals surface area contributed by atoms with Gasteiger partial charge in [0.2, 0.25) is 0 Å². The van der Waals surface area contributed by atoms with Crippen LogP contribution in [0.15, 0.2) is 36.7 Å². The van der Waals surface area contributed by atoms with E-state index in [0.717, 1.165) is 0 Å². The molecule has 0 aliphatic rings. The molecule has 2 aromatic rings. The number of hydrogen-bond acceptors (Lipinski definition) is 7. The van der Waals surface area contributed by atoms with Gasteiger partial charge in [0, 0.05) is 0 Å². The fourth-order valence-electron chi connectivity index (χ4n) is 1.26. The molecule has 0 amide bonds. The number of anilines is 2. The summed E-state index contributed by atoms with van der Waals surface area (Å²) >= 11 is 0. The third-order valence-electron chi connectivity index (χ3n) is 2.28. The van der Waals surface area contributed by atoms with Crippen molar-refractivity contribution in [3.63, 3.8) is 0 Å². The second-order valence-corrected chi connectivity index (χ2v) is 3.98. The fourth-order valence-corrected chi connectivity index (χ4v) is 1.26. The van der Waals surface area contributed by atoms with Crippen LogP contribution in [0.5, 0.6) is 0 Å². The molecule has 0 aliphatic heterocycles. The van der Waals surface area contributed by atoms with E-state index in [0.29, 0.717) is 18.0 Å². The van der Waals surface area contributed by atoms with E-state index >= 15 is 0 Å². The van der Waals surface area contributed by atoms with Crippen molar-refractivity contribution in [2.45, 2.75) is 6.92 Å². The Hall–Kier alpha value is -3.16. The summed E-state index contributed by atoms with van der Waals surface area (Å²) < 4.78 is 4.73. The van der Waals surface area contributed by atoms with Crippen LogP contribution in [0.25, 0.3) is 0 Å². The lowest BCUT2D eigenvalue weighted by Crippen LogP contribution is -2.06. The first kappa shape index (κ1) is 16.9. The molecular formula is C14H16N4O4. The van der Waals surface area contributed by atoms with Gasteiger partial charge >= 0.3 is 11.9 Å². The number of esters is 1. The summed E-state index contributed by atoms with van der Waals surface area (Å²) in [6.07, 6.45) is 2.73. The van der Waals surface area contributed by atoms with Crippen LogP contribution in [0, 0.1) is 0 Å². The first-order chi connectivity index (χ1) is 10.4. The minimum absolute atomic E-state index is 0.00852. The zero-order chi connectivity index (χ0) is 16.5. The summed E-state index contributed by atoms with van der Waals surface area (Å²) in [6, 6.07) is 6.00. The molecule has 0 aromatic carbocycles. The minimum atomic E-state index is -1.04. The van der Waals surface area contributed by atoms with Crippen molar-refractivity contribution in [2.24, 2.45) is 0 Å². The van der Waals surface area contributed by atoms with Crippen molar-refractivity contribution >= 4 is 23.3 Å². The van der Waals surface area contributed by atoms with E-state index in [2.05, 4.69) is 9.97 Å². The molecule has 0 unspecified atom stereocenters. The highest BCUT2D eigenvalue weighted by atomic mass is 16.5. The smallest absolute Gasteiger partial charge is 0.356 e. The van der Waals surface area contributed by atoms with Gasteiger partial charge in [-0.3, -0.25) is 0 Å². The Morgan fingerprint density at radius 1 is 1.05 bits per heavy atom. The van der Waals surface area contributed by atoms with Gasteiger partial charge < -0.3 is 21.3 Å². The van der Waals surface area contributed by atoms with Crippen molar-refractivity contribution in [3.8, 4) is 0 Å². The molecule has 22 heavy (non-hydrogen) atoms. The molecule has 2 rings (SSSR count). The number of hydrogen-bond donors (Lipinski definition) is 3. The third-order valence-corrected chi connectivity index (χ3v) is 2.28. The maximum absolute atomic E-state index is 11.0. The van der Waals surface area contributed by atoms with Crippen LogP contribution in [0.3, 0.4) is 0 Å². The molecule has 0 fully saturated rings. The molecule has 0 bridgehead atoms. The van der Waals surface area contributed by atoms with Gasteiger partial charge in [0.05, 0.1) is 30.4 Å². The van der Waals surface area contributed by atoms with Crippen molar-refractivity contribution in [1.82, 2.24) is 9.97 Å². The Balaban J connectivity index is 0.000000224. The standard InChI is InChI=1S/C8H10N2O2.C6H6N2O2/c1-2-12-8(11)7-4-3-6(9)5-10-7;7-4-1-2-5(6(9)10)8-3-4/h3-5H,2,9H2,1H3;1-3H,7H2,(H,9,10). The highest BCUT2D eigenvalue weighted by Crippen LogP contribution is 2.02. The van der Waals surface area contributed by atoms with E-state index in [9.17, 15) is 9.59 Å². The quantitative estimate of drug-likeness (QED) is 0.718. The highest BCUT2D eigenvalue weighted by Gasteiger charge is 2.05. The highest BCUT2D eigenvalue weighted by molar-refractivity contribution is 5.87. The first-order valence-electron chi connectivity index (χ1n) is 6.27. The Bertz CT molecular complexity index is 626. The zero-order valence-electron chi connectivity index (χ0n) is 11.9. The topological polar surface area (TPSA) is 141 Å². The molecule has 0 aliphatic carbocycles. The number of ether oxygens (including phenoxy) is 1. The number of nitrogens with zero attached hydrogens (tertiary/aromatic N) is 2. The van der Waals surface area contributed by atoms with Crippen LogP contribution < -0.4 is 11.5 Å². The predicted molar refractivity (Wildman–Crippen MR) is 80.2 cm³/mol. The number of carboxylic acids is 1. The molecule has 2 heterocycles. The average molecular weight is 304 g/mol. The van der Waals surface area contributed by atoms with Crippen molar-refractivity contribution in [2.75, 3.05) is 18.1 Å². The van der Waals surface area contributed by atoms with E-state index < -0.39 is 11.9 Å². The Morgan fingerprint density at radius 2 is 1.55 bits per heavy atom. The van der Waals surface area contributed by atoms with Gasteiger partial charge in [0.15, 0.2) is 0 Å².